The maximum absolute atomic E-state index is 12.4. The monoisotopic (exact) mass is 281 g/mol. The number of piperidine rings is 1. The van der Waals surface area contributed by atoms with Gasteiger partial charge in [0.2, 0.25) is 11.8 Å². The molecular weight excluding hydrogens is 262 g/mol. The zero-order valence-electron chi connectivity index (χ0n) is 11.3. The van der Waals surface area contributed by atoms with E-state index in [0.717, 1.165) is 30.8 Å². The van der Waals surface area contributed by atoms with E-state index in [1.807, 2.05) is 10.3 Å². The summed E-state index contributed by atoms with van der Waals surface area (Å²) in [5.74, 6) is -0.196. The van der Waals surface area contributed by atoms with Gasteiger partial charge in [-0.15, -0.1) is 11.3 Å². The van der Waals surface area contributed by atoms with Crippen molar-refractivity contribution in [1.82, 2.24) is 15.2 Å². The molecule has 0 saturated carbocycles. The van der Waals surface area contributed by atoms with E-state index in [0.29, 0.717) is 0 Å². The minimum Gasteiger partial charge on any atom is -0.345 e. The number of thiazole rings is 1. The third-order valence-corrected chi connectivity index (χ3v) is 4.19. The molecule has 0 bridgehead atoms. The van der Waals surface area contributed by atoms with E-state index < -0.39 is 6.04 Å². The molecule has 6 heteroatoms. The molecule has 2 unspecified atom stereocenters. The number of amides is 2. The van der Waals surface area contributed by atoms with Crippen molar-refractivity contribution >= 4 is 23.2 Å². The summed E-state index contributed by atoms with van der Waals surface area (Å²) in [6, 6.07) is -0.407. The van der Waals surface area contributed by atoms with Crippen molar-refractivity contribution in [2.75, 3.05) is 6.54 Å². The number of nitrogens with zero attached hydrogens (tertiary/aromatic N) is 2. The zero-order chi connectivity index (χ0) is 13.8. The highest BCUT2D eigenvalue weighted by molar-refractivity contribution is 7.09. The molecule has 1 aliphatic rings. The van der Waals surface area contributed by atoms with Crippen LogP contribution in [-0.2, 0) is 9.59 Å². The molecule has 1 aromatic heterocycles. The molecular formula is C13H19N3O2S. The average molecular weight is 281 g/mol. The highest BCUT2D eigenvalue weighted by Gasteiger charge is 2.32. The van der Waals surface area contributed by atoms with E-state index in [2.05, 4.69) is 10.3 Å². The summed E-state index contributed by atoms with van der Waals surface area (Å²) >= 11 is 1.58. The fourth-order valence-corrected chi connectivity index (χ4v) is 3.25. The first-order valence-corrected chi connectivity index (χ1v) is 7.44. The highest BCUT2D eigenvalue weighted by atomic mass is 32.1. The zero-order valence-corrected chi connectivity index (χ0v) is 12.1. The number of carbonyl (C=O) groups is 2. The second-order valence-corrected chi connectivity index (χ2v) is 5.76. The molecule has 5 nitrogen and oxygen atoms in total. The van der Waals surface area contributed by atoms with Crippen molar-refractivity contribution in [1.29, 1.82) is 0 Å². The Hall–Kier alpha value is -1.43. The lowest BCUT2D eigenvalue weighted by Gasteiger charge is -2.36. The van der Waals surface area contributed by atoms with Gasteiger partial charge in [-0.2, -0.15) is 0 Å². The van der Waals surface area contributed by atoms with Crippen LogP contribution in [0.3, 0.4) is 0 Å². The number of hydrogen-bond donors (Lipinski definition) is 1. The van der Waals surface area contributed by atoms with Crippen molar-refractivity contribution in [3.8, 4) is 0 Å². The smallest absolute Gasteiger partial charge is 0.245 e. The lowest BCUT2D eigenvalue weighted by Crippen LogP contribution is -2.49. The third-order valence-electron chi connectivity index (χ3n) is 3.31. The number of aromatic nitrogens is 1. The van der Waals surface area contributed by atoms with E-state index in [1.165, 1.54) is 6.92 Å². The van der Waals surface area contributed by atoms with Crippen molar-refractivity contribution < 1.29 is 9.59 Å². The molecule has 0 aromatic carbocycles. The largest absolute Gasteiger partial charge is 0.345 e. The molecule has 2 atom stereocenters. The van der Waals surface area contributed by atoms with Gasteiger partial charge in [-0.05, 0) is 26.2 Å². The molecule has 1 aliphatic heterocycles. The SMILES string of the molecule is CC(=O)NC(C)C(=O)N1CCCCC1c1nccs1. The van der Waals surface area contributed by atoms with Crippen LogP contribution in [0.4, 0.5) is 0 Å². The summed E-state index contributed by atoms with van der Waals surface area (Å²) in [4.78, 5) is 29.7. The van der Waals surface area contributed by atoms with Gasteiger partial charge in [0.1, 0.15) is 11.0 Å². The van der Waals surface area contributed by atoms with Crippen LogP contribution < -0.4 is 5.32 Å². The van der Waals surface area contributed by atoms with Gasteiger partial charge < -0.3 is 10.2 Å². The van der Waals surface area contributed by atoms with Gasteiger partial charge in [0, 0.05) is 25.0 Å². The topological polar surface area (TPSA) is 62.3 Å². The quantitative estimate of drug-likeness (QED) is 0.917. The van der Waals surface area contributed by atoms with Gasteiger partial charge in [-0.3, -0.25) is 9.59 Å². The lowest BCUT2D eigenvalue weighted by molar-refractivity contribution is -0.139. The Bertz CT molecular complexity index is 447. The predicted molar refractivity (Wildman–Crippen MR) is 73.7 cm³/mol. The van der Waals surface area contributed by atoms with Crippen LogP contribution in [-0.4, -0.2) is 34.3 Å². The second-order valence-electron chi connectivity index (χ2n) is 4.84. The van der Waals surface area contributed by atoms with E-state index >= 15 is 0 Å². The molecule has 19 heavy (non-hydrogen) atoms. The first-order valence-electron chi connectivity index (χ1n) is 6.56. The van der Waals surface area contributed by atoms with Gasteiger partial charge in [0.05, 0.1) is 6.04 Å². The first kappa shape index (κ1) is 14.0. The maximum atomic E-state index is 12.4. The predicted octanol–water partition coefficient (Wildman–Crippen LogP) is 1.72. The van der Waals surface area contributed by atoms with Crippen molar-refractivity contribution in [2.24, 2.45) is 0 Å². The lowest BCUT2D eigenvalue weighted by atomic mass is 10.0. The third kappa shape index (κ3) is 3.32. The molecule has 104 valence electrons. The fraction of sp³-hybridized carbons (Fsp3) is 0.615. The number of likely N-dealkylation sites (tertiary alicyclic amines) is 1. The summed E-state index contributed by atoms with van der Waals surface area (Å²) in [5, 5.41) is 5.58. The molecule has 1 N–H and O–H groups in total. The maximum Gasteiger partial charge on any atom is 0.245 e. The average Bonchev–Trinajstić information content (AvgIpc) is 2.91. The molecule has 2 amide bonds. The molecule has 0 aliphatic carbocycles. The Morgan fingerprint density at radius 3 is 2.95 bits per heavy atom. The Balaban J connectivity index is 2.11. The minimum absolute atomic E-state index is 0.0184. The standard InChI is InChI=1S/C13H19N3O2S/c1-9(15-10(2)17)13(18)16-7-4-3-5-11(16)12-14-6-8-19-12/h6,8-9,11H,3-5,7H2,1-2H3,(H,15,17). The summed E-state index contributed by atoms with van der Waals surface area (Å²) in [6.45, 7) is 3.91. The van der Waals surface area contributed by atoms with Crippen molar-refractivity contribution in [2.45, 2.75) is 45.2 Å². The van der Waals surface area contributed by atoms with Gasteiger partial charge in [-0.1, -0.05) is 0 Å². The molecule has 1 fully saturated rings. The van der Waals surface area contributed by atoms with Crippen LogP contribution in [0.2, 0.25) is 0 Å². The van der Waals surface area contributed by atoms with E-state index in [4.69, 9.17) is 0 Å². The van der Waals surface area contributed by atoms with Crippen molar-refractivity contribution in [3.05, 3.63) is 16.6 Å². The van der Waals surface area contributed by atoms with Gasteiger partial charge >= 0.3 is 0 Å². The minimum atomic E-state index is -0.474. The van der Waals surface area contributed by atoms with Crippen LogP contribution in [0.25, 0.3) is 0 Å². The van der Waals surface area contributed by atoms with E-state index in [1.54, 1.807) is 24.5 Å². The van der Waals surface area contributed by atoms with E-state index in [-0.39, 0.29) is 17.9 Å². The van der Waals surface area contributed by atoms with Gasteiger partial charge in [0.25, 0.3) is 0 Å². The Morgan fingerprint density at radius 2 is 2.32 bits per heavy atom. The normalized spacial score (nSPS) is 20.9. The Morgan fingerprint density at radius 1 is 1.53 bits per heavy atom. The molecule has 1 aromatic rings. The van der Waals surface area contributed by atoms with Gasteiger partial charge in [0.15, 0.2) is 0 Å². The number of rotatable bonds is 3. The highest BCUT2D eigenvalue weighted by Crippen LogP contribution is 2.32. The molecule has 0 spiro atoms. The first-order chi connectivity index (χ1) is 9.09. The van der Waals surface area contributed by atoms with E-state index in [9.17, 15) is 9.59 Å². The summed E-state index contributed by atoms with van der Waals surface area (Å²) < 4.78 is 0. The second kappa shape index (κ2) is 6.14. The molecule has 2 heterocycles. The Labute approximate surface area is 117 Å². The number of nitrogens with one attached hydrogen (secondary N) is 1. The molecule has 1 saturated heterocycles. The summed E-state index contributed by atoms with van der Waals surface area (Å²) in [7, 11) is 0. The Kier molecular flexibility index (Phi) is 4.52. The number of hydrogen-bond acceptors (Lipinski definition) is 4. The van der Waals surface area contributed by atoms with Gasteiger partial charge in [-0.25, -0.2) is 4.98 Å². The fourth-order valence-electron chi connectivity index (χ4n) is 2.47. The molecule has 0 radical (unpaired) electrons. The molecule has 2 rings (SSSR count). The van der Waals surface area contributed by atoms with Crippen LogP contribution >= 0.6 is 11.3 Å². The van der Waals surface area contributed by atoms with Crippen LogP contribution in [0.1, 0.15) is 44.2 Å². The van der Waals surface area contributed by atoms with Crippen LogP contribution in [0.5, 0.6) is 0 Å². The number of carbonyl (C=O) groups excluding carboxylic acids is 2. The summed E-state index contributed by atoms with van der Waals surface area (Å²) in [6.07, 6.45) is 4.85. The summed E-state index contributed by atoms with van der Waals surface area (Å²) in [5.41, 5.74) is 0. The van der Waals surface area contributed by atoms with Crippen LogP contribution in [0.15, 0.2) is 11.6 Å². The van der Waals surface area contributed by atoms with Crippen molar-refractivity contribution in [3.63, 3.8) is 0 Å². The van der Waals surface area contributed by atoms with Crippen LogP contribution in [0, 0.1) is 0 Å².